The van der Waals surface area contributed by atoms with Crippen molar-refractivity contribution in [2.24, 2.45) is 17.3 Å². The van der Waals surface area contributed by atoms with Gasteiger partial charge < -0.3 is 5.11 Å². The van der Waals surface area contributed by atoms with Gasteiger partial charge in [0.2, 0.25) is 0 Å². The van der Waals surface area contributed by atoms with E-state index in [1.165, 1.54) is 57.7 Å². The normalized spacial score (nSPS) is 43.6. The van der Waals surface area contributed by atoms with Crippen LogP contribution in [0.2, 0.25) is 12.1 Å². The first-order chi connectivity index (χ1) is 11.8. The molecule has 127 valence electrons. The fraction of sp³-hybridized carbons (Fsp3) is 0.727. The second kappa shape index (κ2) is 5.90. The van der Waals surface area contributed by atoms with Crippen molar-refractivity contribution in [1.82, 2.24) is 0 Å². The lowest BCUT2D eigenvalue weighted by molar-refractivity contribution is -0.0438. The van der Waals surface area contributed by atoms with E-state index in [-0.39, 0.29) is 11.5 Å². The minimum atomic E-state index is -0.0328. The largest absolute Gasteiger partial charge is 0.393 e. The Balaban J connectivity index is 1.46. The summed E-state index contributed by atoms with van der Waals surface area (Å²) in [4.78, 5) is 0. The van der Waals surface area contributed by atoms with Crippen LogP contribution in [0.5, 0.6) is 0 Å². The predicted octanol–water partition coefficient (Wildman–Crippen LogP) is 4.98. The maximum atomic E-state index is 11.0. The Hall–Kier alpha value is -0.755. The molecule has 3 fully saturated rings. The quantitative estimate of drug-likeness (QED) is 0.762. The van der Waals surface area contributed by atoms with E-state index < -0.39 is 0 Å². The van der Waals surface area contributed by atoms with Gasteiger partial charge in [-0.2, -0.15) is 0 Å². The third-order valence-corrected chi connectivity index (χ3v) is 8.23. The van der Waals surface area contributed by atoms with Crippen molar-refractivity contribution in [2.75, 3.05) is 0 Å². The van der Waals surface area contributed by atoms with Gasteiger partial charge in [-0.15, -0.1) is 0 Å². The van der Waals surface area contributed by atoms with Crippen molar-refractivity contribution >= 4 is 7.28 Å². The summed E-state index contributed by atoms with van der Waals surface area (Å²) in [5.74, 6) is 3.15. The highest BCUT2D eigenvalue weighted by atomic mass is 16.3. The van der Waals surface area contributed by atoms with Crippen LogP contribution in [0.3, 0.4) is 0 Å². The molecule has 2 unspecified atom stereocenters. The van der Waals surface area contributed by atoms with Crippen LogP contribution < -0.4 is 0 Å². The van der Waals surface area contributed by atoms with Crippen molar-refractivity contribution in [1.29, 1.82) is 0 Å². The van der Waals surface area contributed by atoms with E-state index in [0.29, 0.717) is 0 Å². The van der Waals surface area contributed by atoms with Crippen LogP contribution in [0.4, 0.5) is 0 Å². The zero-order valence-corrected chi connectivity index (χ0v) is 14.8. The molecule has 4 aliphatic rings. The Morgan fingerprint density at radius 1 is 1.08 bits per heavy atom. The third-order valence-electron chi connectivity index (χ3n) is 8.23. The summed E-state index contributed by atoms with van der Waals surface area (Å²) < 4.78 is 0. The second-order valence-corrected chi connectivity index (χ2v) is 9.11. The third kappa shape index (κ3) is 2.25. The molecule has 3 aliphatic carbocycles. The zero-order valence-electron chi connectivity index (χ0n) is 14.8. The second-order valence-electron chi connectivity index (χ2n) is 9.11. The molecule has 6 atom stereocenters. The lowest BCUT2D eigenvalue weighted by Gasteiger charge is -2.52. The minimum Gasteiger partial charge on any atom is -0.393 e. The lowest BCUT2D eigenvalue weighted by Crippen LogP contribution is -2.46. The van der Waals surface area contributed by atoms with Crippen molar-refractivity contribution < 1.29 is 5.11 Å². The number of aryl methyl sites for hydroxylation is 1. The highest BCUT2D eigenvalue weighted by molar-refractivity contribution is 6.38. The Bertz CT molecular complexity index is 608. The van der Waals surface area contributed by atoms with Crippen LogP contribution in [-0.2, 0) is 6.42 Å². The average molecular weight is 321 g/mol. The molecule has 2 saturated carbocycles. The number of rotatable bonds is 2. The van der Waals surface area contributed by atoms with Crippen molar-refractivity contribution in [3.63, 3.8) is 0 Å². The van der Waals surface area contributed by atoms with E-state index in [0.717, 1.165) is 30.0 Å². The van der Waals surface area contributed by atoms with Crippen molar-refractivity contribution in [3.8, 4) is 0 Å². The van der Waals surface area contributed by atoms with Crippen molar-refractivity contribution in [3.05, 3.63) is 35.4 Å². The summed E-state index contributed by atoms with van der Waals surface area (Å²) in [5.41, 5.74) is 3.50. The van der Waals surface area contributed by atoms with E-state index in [4.69, 9.17) is 0 Å². The molecular formula is C22H30BO. The van der Waals surface area contributed by atoms with Gasteiger partial charge in [0.1, 0.15) is 7.28 Å². The fourth-order valence-corrected chi connectivity index (χ4v) is 7.22. The van der Waals surface area contributed by atoms with Crippen LogP contribution in [0.1, 0.15) is 68.4 Å². The molecule has 1 N–H and O–H groups in total. The average Bonchev–Trinajstić information content (AvgIpc) is 3.23. The molecule has 0 bridgehead atoms. The Labute approximate surface area is 147 Å². The standard InChI is InChI=1S/C22H30BO/c24-21-10-9-20-19-8-7-15-4-1-2-6-17(15)18(19)11-12-22(20,21)14-16-5-3-13-23-16/h1-2,4,6,16,18-21,24H,3,5,7-14H2/t16?,18-,19-,20+,21?,22-/m1/s1. The first kappa shape index (κ1) is 15.5. The van der Waals surface area contributed by atoms with E-state index in [2.05, 4.69) is 31.5 Å². The molecule has 1 heterocycles. The molecule has 1 aliphatic heterocycles. The maximum Gasteiger partial charge on any atom is 0.113 e. The first-order valence-electron chi connectivity index (χ1n) is 10.4. The molecule has 2 heteroatoms. The van der Waals surface area contributed by atoms with Gasteiger partial charge in [-0.05, 0) is 79.2 Å². The molecule has 1 aromatic rings. The van der Waals surface area contributed by atoms with Gasteiger partial charge >= 0.3 is 0 Å². The highest BCUT2D eigenvalue weighted by Crippen LogP contribution is 2.63. The number of hydrogen-bond acceptors (Lipinski definition) is 1. The summed E-state index contributed by atoms with van der Waals surface area (Å²) in [6, 6.07) is 9.20. The van der Waals surface area contributed by atoms with Crippen LogP contribution in [0.25, 0.3) is 0 Å². The molecule has 1 aromatic carbocycles. The molecule has 0 amide bonds. The summed E-state index contributed by atoms with van der Waals surface area (Å²) in [6.07, 6.45) is 12.8. The lowest BCUT2D eigenvalue weighted by atomic mass is 9.50. The molecular weight excluding hydrogens is 291 g/mol. The smallest absolute Gasteiger partial charge is 0.113 e. The topological polar surface area (TPSA) is 20.2 Å². The van der Waals surface area contributed by atoms with Crippen LogP contribution >= 0.6 is 0 Å². The number of fused-ring (bicyclic) bond motifs is 5. The molecule has 0 spiro atoms. The van der Waals surface area contributed by atoms with Crippen LogP contribution in [0.15, 0.2) is 24.3 Å². The first-order valence-corrected chi connectivity index (χ1v) is 10.4. The Kier molecular flexibility index (Phi) is 3.81. The zero-order chi connectivity index (χ0) is 16.1. The van der Waals surface area contributed by atoms with E-state index in [9.17, 15) is 5.11 Å². The number of aliphatic hydroxyl groups excluding tert-OH is 1. The fourth-order valence-electron chi connectivity index (χ4n) is 7.22. The monoisotopic (exact) mass is 321 g/mol. The SMILES string of the molecule is OC1CC[C@H]2[C@@H]3CCc4ccccc4[C@H]3CC[C@]12CC1[B]CCC1. The van der Waals surface area contributed by atoms with Crippen LogP contribution in [0, 0.1) is 17.3 Å². The maximum absolute atomic E-state index is 11.0. The van der Waals surface area contributed by atoms with E-state index >= 15 is 0 Å². The molecule has 1 nitrogen and oxygen atoms in total. The number of benzene rings is 1. The molecule has 24 heavy (non-hydrogen) atoms. The summed E-state index contributed by atoms with van der Waals surface area (Å²) >= 11 is 0. The van der Waals surface area contributed by atoms with Gasteiger partial charge in [0.15, 0.2) is 0 Å². The summed E-state index contributed by atoms with van der Waals surface area (Å²) in [6.45, 7) is 0. The molecule has 1 radical (unpaired) electrons. The van der Waals surface area contributed by atoms with Gasteiger partial charge in [-0.25, -0.2) is 0 Å². The van der Waals surface area contributed by atoms with Gasteiger partial charge in [0, 0.05) is 0 Å². The molecule has 5 rings (SSSR count). The van der Waals surface area contributed by atoms with Gasteiger partial charge in [0.25, 0.3) is 0 Å². The van der Waals surface area contributed by atoms with E-state index in [1.807, 2.05) is 0 Å². The summed E-state index contributed by atoms with van der Waals surface area (Å²) in [5, 5.41) is 11.0. The highest BCUT2D eigenvalue weighted by Gasteiger charge is 2.57. The van der Waals surface area contributed by atoms with Gasteiger partial charge in [-0.1, -0.05) is 49.2 Å². The molecule has 0 aromatic heterocycles. The summed E-state index contributed by atoms with van der Waals surface area (Å²) in [7, 11) is 2.57. The number of hydrogen-bond donors (Lipinski definition) is 1. The van der Waals surface area contributed by atoms with E-state index in [1.54, 1.807) is 11.1 Å². The minimum absolute atomic E-state index is 0.0328. The van der Waals surface area contributed by atoms with Gasteiger partial charge in [-0.3, -0.25) is 0 Å². The van der Waals surface area contributed by atoms with Crippen LogP contribution in [-0.4, -0.2) is 18.5 Å². The van der Waals surface area contributed by atoms with Crippen molar-refractivity contribution in [2.45, 2.75) is 81.9 Å². The Morgan fingerprint density at radius 2 is 2.00 bits per heavy atom. The predicted molar refractivity (Wildman–Crippen MR) is 99.6 cm³/mol. The number of aliphatic hydroxyl groups is 1. The molecule has 1 saturated heterocycles. The van der Waals surface area contributed by atoms with Gasteiger partial charge in [0.05, 0.1) is 6.10 Å². The Morgan fingerprint density at radius 3 is 2.88 bits per heavy atom.